The second kappa shape index (κ2) is 3.91. The number of carboxylic acids is 1. The molecule has 70 valence electrons. The molecular weight excluding hydrogens is 166 g/mol. The molecule has 1 atom stereocenters. The van der Waals surface area contributed by atoms with E-state index in [1.54, 1.807) is 0 Å². The van der Waals surface area contributed by atoms with Crippen LogP contribution in [-0.2, 0) is 14.3 Å². The normalized spacial score (nSPS) is 14.6. The summed E-state index contributed by atoms with van der Waals surface area (Å²) in [6.45, 7) is 1.20. The minimum atomic E-state index is -1.74. The highest BCUT2D eigenvalue weighted by atomic mass is 16.6. The quantitative estimate of drug-likeness (QED) is 0.582. The van der Waals surface area contributed by atoms with Gasteiger partial charge in [0.25, 0.3) is 0 Å². The summed E-state index contributed by atoms with van der Waals surface area (Å²) in [7, 11) is 2.30. The molecule has 0 aromatic heterocycles. The molecule has 0 bridgehead atoms. The van der Waals surface area contributed by atoms with Crippen LogP contribution in [0.4, 0.5) is 4.79 Å². The zero-order valence-electron chi connectivity index (χ0n) is 7.08. The molecule has 1 amide bonds. The van der Waals surface area contributed by atoms with Crippen LogP contribution in [0.1, 0.15) is 6.92 Å². The van der Waals surface area contributed by atoms with E-state index in [1.165, 1.54) is 14.0 Å². The Hall–Kier alpha value is -1.30. The van der Waals surface area contributed by atoms with Crippen molar-refractivity contribution in [1.82, 2.24) is 5.32 Å². The number of hydrogen-bond donors (Lipinski definition) is 2. The van der Waals surface area contributed by atoms with Gasteiger partial charge >= 0.3 is 12.1 Å². The second-order valence-electron chi connectivity index (χ2n) is 2.16. The van der Waals surface area contributed by atoms with Crippen LogP contribution in [0.15, 0.2) is 0 Å². The van der Waals surface area contributed by atoms with Crippen LogP contribution in [0.5, 0.6) is 0 Å². The van der Waals surface area contributed by atoms with Gasteiger partial charge in [-0.2, -0.15) is 0 Å². The fourth-order valence-corrected chi connectivity index (χ4v) is 0.438. The first kappa shape index (κ1) is 10.7. The first-order valence-electron chi connectivity index (χ1n) is 3.11. The molecule has 0 heterocycles. The standard InChI is InChI=1S/C6H11NO5/c1-6(12-3,4(8)9)7-5(10)11-2/h1-3H3,(H,7,10)(H,8,9). The Morgan fingerprint density at radius 3 is 2.17 bits per heavy atom. The summed E-state index contributed by atoms with van der Waals surface area (Å²) in [4.78, 5) is 21.1. The smallest absolute Gasteiger partial charge is 0.409 e. The lowest BCUT2D eigenvalue weighted by Gasteiger charge is -2.22. The highest BCUT2D eigenvalue weighted by Crippen LogP contribution is 2.04. The molecule has 0 aliphatic carbocycles. The maximum atomic E-state index is 10.6. The van der Waals surface area contributed by atoms with Crippen molar-refractivity contribution in [2.24, 2.45) is 0 Å². The van der Waals surface area contributed by atoms with Crippen molar-refractivity contribution >= 4 is 12.1 Å². The Labute approximate surface area is 69.5 Å². The van der Waals surface area contributed by atoms with E-state index in [0.29, 0.717) is 0 Å². The van der Waals surface area contributed by atoms with Gasteiger partial charge in [-0.05, 0) is 6.92 Å². The molecule has 0 saturated carbocycles. The highest BCUT2D eigenvalue weighted by molar-refractivity contribution is 5.82. The molecule has 0 fully saturated rings. The molecule has 6 nitrogen and oxygen atoms in total. The van der Waals surface area contributed by atoms with Crippen LogP contribution in [0.2, 0.25) is 0 Å². The lowest BCUT2D eigenvalue weighted by Crippen LogP contribution is -2.53. The number of amides is 1. The Kier molecular flexibility index (Phi) is 3.49. The minimum absolute atomic E-state index is 0.859. The summed E-state index contributed by atoms with van der Waals surface area (Å²) in [6, 6.07) is 0. The van der Waals surface area contributed by atoms with Crippen LogP contribution in [0.3, 0.4) is 0 Å². The summed E-state index contributed by atoms with van der Waals surface area (Å²) < 4.78 is 8.76. The molecule has 0 rings (SSSR count). The van der Waals surface area contributed by atoms with E-state index in [9.17, 15) is 9.59 Å². The Morgan fingerprint density at radius 1 is 1.42 bits per heavy atom. The summed E-state index contributed by atoms with van der Waals surface area (Å²) in [5, 5.41) is 10.6. The van der Waals surface area contributed by atoms with Gasteiger partial charge < -0.3 is 14.6 Å². The third kappa shape index (κ3) is 2.39. The highest BCUT2D eigenvalue weighted by Gasteiger charge is 2.35. The number of aliphatic carboxylic acids is 1. The van der Waals surface area contributed by atoms with Crippen molar-refractivity contribution in [2.75, 3.05) is 14.2 Å². The van der Waals surface area contributed by atoms with Gasteiger partial charge in [-0.25, -0.2) is 9.59 Å². The summed E-state index contributed by atoms with van der Waals surface area (Å²) >= 11 is 0. The van der Waals surface area contributed by atoms with E-state index >= 15 is 0 Å². The number of alkyl carbamates (subject to hydrolysis) is 1. The molecular formula is C6H11NO5. The van der Waals surface area contributed by atoms with Crippen LogP contribution < -0.4 is 5.32 Å². The average molecular weight is 177 g/mol. The molecule has 0 aromatic rings. The van der Waals surface area contributed by atoms with Gasteiger partial charge in [0.1, 0.15) is 0 Å². The number of carbonyl (C=O) groups is 2. The lowest BCUT2D eigenvalue weighted by molar-refractivity contribution is -0.163. The zero-order chi connectivity index (χ0) is 9.78. The maximum Gasteiger partial charge on any atom is 0.409 e. The summed E-state index contributed by atoms with van der Waals surface area (Å²) in [5.74, 6) is -1.30. The van der Waals surface area contributed by atoms with Crippen LogP contribution >= 0.6 is 0 Å². The van der Waals surface area contributed by atoms with Gasteiger partial charge in [0.15, 0.2) is 0 Å². The molecule has 6 heteroatoms. The van der Waals surface area contributed by atoms with Crippen LogP contribution in [0.25, 0.3) is 0 Å². The first-order chi connectivity index (χ1) is 5.46. The monoisotopic (exact) mass is 177 g/mol. The van der Waals surface area contributed by atoms with E-state index in [1.807, 2.05) is 5.32 Å². The molecule has 12 heavy (non-hydrogen) atoms. The Bertz CT molecular complexity index is 192. The van der Waals surface area contributed by atoms with Gasteiger partial charge in [0, 0.05) is 7.11 Å². The van der Waals surface area contributed by atoms with E-state index < -0.39 is 17.8 Å². The largest absolute Gasteiger partial charge is 0.478 e. The predicted octanol–water partition coefficient (Wildman–Crippen LogP) is -0.210. The van der Waals surface area contributed by atoms with Gasteiger partial charge in [-0.15, -0.1) is 0 Å². The number of carboxylic acid groups (broad SMARTS) is 1. The van der Waals surface area contributed by atoms with E-state index in [4.69, 9.17) is 5.11 Å². The SMILES string of the molecule is COC(=O)NC(C)(OC)C(=O)O. The molecule has 0 radical (unpaired) electrons. The van der Waals surface area contributed by atoms with Gasteiger partial charge in [-0.1, -0.05) is 0 Å². The fourth-order valence-electron chi connectivity index (χ4n) is 0.438. The van der Waals surface area contributed by atoms with Gasteiger partial charge in [-0.3, -0.25) is 5.32 Å². The first-order valence-corrected chi connectivity index (χ1v) is 3.11. The van der Waals surface area contributed by atoms with Crippen molar-refractivity contribution in [2.45, 2.75) is 12.6 Å². The fraction of sp³-hybridized carbons (Fsp3) is 0.667. The summed E-state index contributed by atoms with van der Waals surface area (Å²) in [6.07, 6.45) is -0.859. The molecule has 0 aliphatic rings. The summed E-state index contributed by atoms with van der Waals surface area (Å²) in [5.41, 5.74) is -1.74. The van der Waals surface area contributed by atoms with E-state index in [-0.39, 0.29) is 0 Å². The van der Waals surface area contributed by atoms with E-state index in [2.05, 4.69) is 9.47 Å². The molecule has 0 saturated heterocycles. The lowest BCUT2D eigenvalue weighted by atomic mass is 10.3. The topological polar surface area (TPSA) is 84.9 Å². The molecule has 1 unspecified atom stereocenters. The van der Waals surface area contributed by atoms with Crippen molar-refractivity contribution in [3.05, 3.63) is 0 Å². The van der Waals surface area contributed by atoms with Gasteiger partial charge in [0.05, 0.1) is 7.11 Å². The molecule has 2 N–H and O–H groups in total. The molecule has 0 spiro atoms. The number of hydrogen-bond acceptors (Lipinski definition) is 4. The maximum absolute atomic E-state index is 10.6. The third-order valence-electron chi connectivity index (χ3n) is 1.34. The van der Waals surface area contributed by atoms with Crippen molar-refractivity contribution in [3.63, 3.8) is 0 Å². The minimum Gasteiger partial charge on any atom is -0.478 e. The average Bonchev–Trinajstić information content (AvgIpc) is 2.03. The zero-order valence-corrected chi connectivity index (χ0v) is 7.08. The number of methoxy groups -OCH3 is 2. The second-order valence-corrected chi connectivity index (χ2v) is 2.16. The molecule has 0 aromatic carbocycles. The Balaban J connectivity index is 4.34. The van der Waals surface area contributed by atoms with Crippen molar-refractivity contribution in [1.29, 1.82) is 0 Å². The van der Waals surface area contributed by atoms with Crippen LogP contribution in [-0.4, -0.2) is 37.1 Å². The van der Waals surface area contributed by atoms with Gasteiger partial charge in [0.2, 0.25) is 5.72 Å². The van der Waals surface area contributed by atoms with Crippen LogP contribution in [0, 0.1) is 0 Å². The molecule has 0 aliphatic heterocycles. The number of ether oxygens (including phenoxy) is 2. The number of nitrogens with one attached hydrogen (secondary N) is 1. The number of carbonyl (C=O) groups excluding carboxylic acids is 1. The third-order valence-corrected chi connectivity index (χ3v) is 1.34. The Morgan fingerprint density at radius 2 is 1.92 bits per heavy atom. The van der Waals surface area contributed by atoms with Crippen molar-refractivity contribution in [3.8, 4) is 0 Å². The number of rotatable bonds is 3. The predicted molar refractivity (Wildman–Crippen MR) is 38.6 cm³/mol. The van der Waals surface area contributed by atoms with Crippen molar-refractivity contribution < 1.29 is 24.2 Å². The van der Waals surface area contributed by atoms with E-state index in [0.717, 1.165) is 7.11 Å².